The van der Waals surface area contributed by atoms with Crippen LogP contribution in [-0.4, -0.2) is 49.6 Å². The van der Waals surface area contributed by atoms with E-state index in [1.165, 1.54) is 0 Å². The Morgan fingerprint density at radius 2 is 1.92 bits per heavy atom. The van der Waals surface area contributed by atoms with E-state index >= 15 is 0 Å². The molecule has 0 bridgehead atoms. The van der Waals surface area contributed by atoms with Crippen molar-refractivity contribution in [1.29, 1.82) is 0 Å². The number of nitrogens with zero attached hydrogens (tertiary/aromatic N) is 1. The van der Waals surface area contributed by atoms with E-state index in [2.05, 4.69) is 15.5 Å². The highest BCUT2D eigenvalue weighted by molar-refractivity contribution is 5.85. The molecular formula is C7H15Cl2N3O. The largest absolute Gasteiger partial charge is 0.353 e. The molecule has 4 nitrogen and oxygen atoms in total. The number of nitrogens with one attached hydrogen (secondary N) is 2. The van der Waals surface area contributed by atoms with Gasteiger partial charge in [-0.2, -0.15) is 0 Å². The lowest BCUT2D eigenvalue weighted by atomic mass is 10.1. The van der Waals surface area contributed by atoms with Gasteiger partial charge in [0.2, 0.25) is 5.91 Å². The molecule has 2 heterocycles. The van der Waals surface area contributed by atoms with E-state index in [1.54, 1.807) is 0 Å². The van der Waals surface area contributed by atoms with Gasteiger partial charge >= 0.3 is 0 Å². The molecule has 0 aromatic carbocycles. The number of fused-ring (bicyclic) bond motifs is 1. The molecule has 6 heteroatoms. The Balaban J connectivity index is 0.000000720. The van der Waals surface area contributed by atoms with Gasteiger partial charge in [-0.1, -0.05) is 0 Å². The summed E-state index contributed by atoms with van der Waals surface area (Å²) < 4.78 is 0. The summed E-state index contributed by atoms with van der Waals surface area (Å²) in [5, 5.41) is 6.07. The normalized spacial score (nSPS) is 27.7. The van der Waals surface area contributed by atoms with Gasteiger partial charge < -0.3 is 10.6 Å². The third-order valence-corrected chi connectivity index (χ3v) is 2.36. The van der Waals surface area contributed by atoms with E-state index in [1.807, 2.05) is 0 Å². The fourth-order valence-corrected chi connectivity index (χ4v) is 1.71. The molecule has 2 saturated heterocycles. The third-order valence-electron chi connectivity index (χ3n) is 2.36. The van der Waals surface area contributed by atoms with Gasteiger partial charge in [-0.25, -0.2) is 0 Å². The van der Waals surface area contributed by atoms with Gasteiger partial charge in [0.05, 0.1) is 0 Å². The summed E-state index contributed by atoms with van der Waals surface area (Å²) in [7, 11) is 0. The third kappa shape index (κ3) is 2.71. The number of piperazine rings is 2. The van der Waals surface area contributed by atoms with Crippen molar-refractivity contribution < 1.29 is 4.79 Å². The van der Waals surface area contributed by atoms with Crippen LogP contribution in [-0.2, 0) is 4.79 Å². The molecule has 2 aliphatic heterocycles. The van der Waals surface area contributed by atoms with Crippen LogP contribution in [0.3, 0.4) is 0 Å². The molecule has 2 fully saturated rings. The van der Waals surface area contributed by atoms with Crippen molar-refractivity contribution in [3.63, 3.8) is 0 Å². The molecule has 1 amide bonds. The second-order valence-corrected chi connectivity index (χ2v) is 3.05. The fraction of sp³-hybridized carbons (Fsp3) is 0.857. The van der Waals surface area contributed by atoms with Gasteiger partial charge in [0.1, 0.15) is 6.04 Å². The van der Waals surface area contributed by atoms with Crippen molar-refractivity contribution in [3.05, 3.63) is 0 Å². The van der Waals surface area contributed by atoms with Crippen LogP contribution in [0, 0.1) is 0 Å². The molecule has 78 valence electrons. The topological polar surface area (TPSA) is 44.4 Å². The Bertz CT molecular complexity index is 177. The number of hydrogen-bond donors (Lipinski definition) is 2. The van der Waals surface area contributed by atoms with Crippen LogP contribution in [0.15, 0.2) is 0 Å². The summed E-state index contributed by atoms with van der Waals surface area (Å²) in [6.45, 7) is 4.67. The van der Waals surface area contributed by atoms with Crippen molar-refractivity contribution in [2.75, 3.05) is 32.7 Å². The first kappa shape index (κ1) is 13.0. The summed E-state index contributed by atoms with van der Waals surface area (Å²) in [6.07, 6.45) is 0. The van der Waals surface area contributed by atoms with Gasteiger partial charge in [0, 0.05) is 32.7 Å². The lowest BCUT2D eigenvalue weighted by Crippen LogP contribution is -2.62. The number of halogens is 2. The van der Waals surface area contributed by atoms with E-state index in [0.29, 0.717) is 0 Å². The Morgan fingerprint density at radius 1 is 1.23 bits per heavy atom. The molecule has 2 rings (SSSR count). The standard InChI is InChI=1S/C7H13N3O.2ClH/c11-7-6-5-8-1-3-10(6)4-2-9-7;;/h6,8H,1-5H2,(H,9,11);2*1H. The van der Waals surface area contributed by atoms with E-state index < -0.39 is 0 Å². The van der Waals surface area contributed by atoms with Crippen LogP contribution in [0.25, 0.3) is 0 Å². The summed E-state index contributed by atoms with van der Waals surface area (Å²) in [5.74, 6) is 0.184. The van der Waals surface area contributed by atoms with Crippen LogP contribution in [0.1, 0.15) is 0 Å². The highest BCUT2D eigenvalue weighted by Gasteiger charge is 2.30. The van der Waals surface area contributed by atoms with Gasteiger partial charge in [-0.3, -0.25) is 9.69 Å². The maximum absolute atomic E-state index is 11.2. The van der Waals surface area contributed by atoms with Crippen molar-refractivity contribution in [2.45, 2.75) is 6.04 Å². The zero-order valence-electron chi connectivity index (χ0n) is 7.28. The van der Waals surface area contributed by atoms with Crippen LogP contribution in [0.2, 0.25) is 0 Å². The summed E-state index contributed by atoms with van der Waals surface area (Å²) in [6, 6.07) is 0.0949. The average molecular weight is 228 g/mol. The lowest BCUT2D eigenvalue weighted by Gasteiger charge is -2.38. The zero-order valence-corrected chi connectivity index (χ0v) is 8.92. The Hall–Kier alpha value is -0.0300. The predicted octanol–water partition coefficient (Wildman–Crippen LogP) is -0.766. The van der Waals surface area contributed by atoms with E-state index in [-0.39, 0.29) is 36.8 Å². The molecule has 0 radical (unpaired) electrons. The van der Waals surface area contributed by atoms with Crippen LogP contribution in [0.5, 0.6) is 0 Å². The first-order chi connectivity index (χ1) is 5.38. The average Bonchev–Trinajstić information content (AvgIpc) is 2.06. The maximum Gasteiger partial charge on any atom is 0.238 e. The van der Waals surface area contributed by atoms with Gasteiger partial charge in [-0.05, 0) is 0 Å². The molecule has 13 heavy (non-hydrogen) atoms. The number of hydrogen-bond acceptors (Lipinski definition) is 3. The second-order valence-electron chi connectivity index (χ2n) is 3.05. The molecule has 0 aliphatic carbocycles. The van der Waals surface area contributed by atoms with Gasteiger partial charge in [-0.15, -0.1) is 24.8 Å². The SMILES string of the molecule is Cl.Cl.O=C1NCCN2CCNCC12. The Labute approximate surface area is 90.2 Å². The van der Waals surface area contributed by atoms with E-state index in [9.17, 15) is 4.79 Å². The molecule has 2 aliphatic rings. The van der Waals surface area contributed by atoms with Crippen molar-refractivity contribution >= 4 is 30.7 Å². The van der Waals surface area contributed by atoms with Crippen molar-refractivity contribution in [2.24, 2.45) is 0 Å². The van der Waals surface area contributed by atoms with Crippen molar-refractivity contribution in [1.82, 2.24) is 15.5 Å². The first-order valence-corrected chi connectivity index (χ1v) is 4.10. The van der Waals surface area contributed by atoms with Gasteiger partial charge in [0.15, 0.2) is 0 Å². The first-order valence-electron chi connectivity index (χ1n) is 4.10. The van der Waals surface area contributed by atoms with E-state index in [4.69, 9.17) is 0 Å². The minimum atomic E-state index is 0. The molecular weight excluding hydrogens is 213 g/mol. The number of amides is 1. The molecule has 0 aromatic heterocycles. The number of rotatable bonds is 0. The van der Waals surface area contributed by atoms with Crippen LogP contribution < -0.4 is 10.6 Å². The molecule has 0 saturated carbocycles. The quantitative estimate of drug-likeness (QED) is 0.572. The second kappa shape index (κ2) is 5.65. The predicted molar refractivity (Wildman–Crippen MR) is 55.7 cm³/mol. The zero-order chi connectivity index (χ0) is 7.68. The van der Waals surface area contributed by atoms with Gasteiger partial charge in [0.25, 0.3) is 0 Å². The molecule has 0 aromatic rings. The minimum Gasteiger partial charge on any atom is -0.353 e. The number of carbonyl (C=O) groups is 1. The smallest absolute Gasteiger partial charge is 0.238 e. The lowest BCUT2D eigenvalue weighted by molar-refractivity contribution is -0.129. The Kier molecular flexibility index (Phi) is 5.64. The number of carbonyl (C=O) groups excluding carboxylic acids is 1. The maximum atomic E-state index is 11.2. The Morgan fingerprint density at radius 3 is 2.62 bits per heavy atom. The molecule has 1 unspecified atom stereocenters. The summed E-state index contributed by atoms with van der Waals surface area (Å²) >= 11 is 0. The fourth-order valence-electron chi connectivity index (χ4n) is 1.71. The van der Waals surface area contributed by atoms with Crippen LogP contribution >= 0.6 is 24.8 Å². The molecule has 1 atom stereocenters. The monoisotopic (exact) mass is 227 g/mol. The molecule has 0 spiro atoms. The van der Waals surface area contributed by atoms with E-state index in [0.717, 1.165) is 32.7 Å². The highest BCUT2D eigenvalue weighted by Crippen LogP contribution is 2.05. The summed E-state index contributed by atoms with van der Waals surface area (Å²) in [5.41, 5.74) is 0. The minimum absolute atomic E-state index is 0. The highest BCUT2D eigenvalue weighted by atomic mass is 35.5. The molecule has 2 N–H and O–H groups in total. The summed E-state index contributed by atoms with van der Waals surface area (Å²) in [4.78, 5) is 13.5. The van der Waals surface area contributed by atoms with Crippen molar-refractivity contribution in [3.8, 4) is 0 Å². The van der Waals surface area contributed by atoms with Crippen LogP contribution in [0.4, 0.5) is 0 Å².